The first kappa shape index (κ1) is 19.6. The van der Waals surface area contributed by atoms with Crippen molar-refractivity contribution < 1.29 is 28.6 Å². The molecule has 0 aromatic heterocycles. The molecule has 2 bridgehead atoms. The van der Waals surface area contributed by atoms with E-state index in [2.05, 4.69) is 0 Å². The van der Waals surface area contributed by atoms with E-state index in [1.807, 2.05) is 0 Å². The lowest BCUT2D eigenvalue weighted by molar-refractivity contribution is -0.175. The van der Waals surface area contributed by atoms with Crippen LogP contribution in [0.2, 0.25) is 0 Å². The van der Waals surface area contributed by atoms with E-state index in [0.29, 0.717) is 0 Å². The zero-order valence-electron chi connectivity index (χ0n) is 15.3. The third kappa shape index (κ3) is 3.48. The number of carbonyl (C=O) groups is 3. The fraction of sp³-hybridized carbons (Fsp3) is 0.778. The van der Waals surface area contributed by atoms with Crippen molar-refractivity contribution in [1.82, 2.24) is 0 Å². The molecule has 5 unspecified atom stereocenters. The summed E-state index contributed by atoms with van der Waals surface area (Å²) in [5.74, 6) is -0.906. The van der Waals surface area contributed by atoms with Gasteiger partial charge in [0, 0.05) is 18.3 Å². The Bertz CT molecular complexity index is 673. The first-order valence-corrected chi connectivity index (χ1v) is 9.88. The van der Waals surface area contributed by atoms with Crippen molar-refractivity contribution in [2.24, 2.45) is 23.2 Å². The molecule has 0 aromatic rings. The number of rotatable bonds is 6. The van der Waals surface area contributed by atoms with Crippen LogP contribution in [0, 0.1) is 28.6 Å². The molecule has 2 aliphatic carbocycles. The van der Waals surface area contributed by atoms with Gasteiger partial charge in [-0.15, -0.1) is 0 Å². The van der Waals surface area contributed by atoms with Crippen LogP contribution in [-0.2, 0) is 28.6 Å². The van der Waals surface area contributed by atoms with Crippen LogP contribution in [0.15, 0.2) is 0 Å². The number of esters is 3. The van der Waals surface area contributed by atoms with Gasteiger partial charge >= 0.3 is 17.9 Å². The number of carbonyl (C=O) groups excluding carboxylic acids is 3. The van der Waals surface area contributed by atoms with Crippen LogP contribution in [-0.4, -0.2) is 39.4 Å². The molecule has 0 aromatic carbocycles. The van der Waals surface area contributed by atoms with Crippen molar-refractivity contribution in [3.63, 3.8) is 0 Å². The van der Waals surface area contributed by atoms with Crippen LogP contribution < -0.4 is 0 Å². The maximum absolute atomic E-state index is 12.8. The summed E-state index contributed by atoms with van der Waals surface area (Å²) in [4.78, 5) is 36.3. The van der Waals surface area contributed by atoms with E-state index in [-0.39, 0.29) is 52.0 Å². The summed E-state index contributed by atoms with van der Waals surface area (Å²) in [6, 6.07) is 0. The second-order valence-corrected chi connectivity index (χ2v) is 9.88. The van der Waals surface area contributed by atoms with Gasteiger partial charge in [0.2, 0.25) is 0 Å². The second kappa shape index (κ2) is 6.45. The molecule has 0 amide bonds. The molecule has 7 nitrogen and oxygen atoms in total. The quantitative estimate of drug-likeness (QED) is 0.273. The predicted octanol–water partition coefficient (Wildman–Crippen LogP) is 2.63. The van der Waals surface area contributed by atoms with Crippen LogP contribution in [0.3, 0.4) is 0 Å². The third-order valence-corrected chi connectivity index (χ3v) is 6.07. The Kier molecular flexibility index (Phi) is 4.86. The fourth-order valence-electron chi connectivity index (χ4n) is 4.82. The largest absolute Gasteiger partial charge is 0.458 e. The van der Waals surface area contributed by atoms with Gasteiger partial charge in [0.05, 0.1) is 11.3 Å². The monoisotopic (exact) mass is 477 g/mol. The van der Waals surface area contributed by atoms with E-state index in [1.165, 1.54) is 0 Å². The van der Waals surface area contributed by atoms with Crippen LogP contribution in [0.5, 0.6) is 0 Å². The lowest BCUT2D eigenvalue weighted by Gasteiger charge is -2.35. The molecule has 0 radical (unpaired) electrons. The SMILES string of the molecule is CC(C)(CC(C)(C)C(=O)OC1C2CC3C(=O)OC1C3C2)OC(=O)C(=N)I. The van der Waals surface area contributed by atoms with Crippen molar-refractivity contribution in [2.45, 2.75) is 64.8 Å². The summed E-state index contributed by atoms with van der Waals surface area (Å²) in [7, 11) is 0. The zero-order valence-corrected chi connectivity index (χ0v) is 17.5. The Morgan fingerprint density at radius 2 is 1.92 bits per heavy atom. The number of hydrogen-bond acceptors (Lipinski definition) is 7. The van der Waals surface area contributed by atoms with Gasteiger partial charge < -0.3 is 14.2 Å². The summed E-state index contributed by atoms with van der Waals surface area (Å²) in [6.07, 6.45) is 1.18. The van der Waals surface area contributed by atoms with Crippen molar-refractivity contribution in [2.75, 3.05) is 0 Å². The molecular formula is C18H24INO6. The van der Waals surface area contributed by atoms with Gasteiger partial charge in [-0.2, -0.15) is 0 Å². The smallest absolute Gasteiger partial charge is 0.363 e. The van der Waals surface area contributed by atoms with Crippen LogP contribution >= 0.6 is 22.6 Å². The highest BCUT2D eigenvalue weighted by Gasteiger charge is 2.63. The molecule has 1 N–H and O–H groups in total. The number of hydrogen-bond donors (Lipinski definition) is 1. The van der Waals surface area contributed by atoms with Gasteiger partial charge in [0.1, 0.15) is 17.8 Å². The highest BCUT2D eigenvalue weighted by molar-refractivity contribution is 14.1. The number of nitrogens with one attached hydrogen (secondary N) is 1. The Morgan fingerprint density at radius 1 is 1.27 bits per heavy atom. The van der Waals surface area contributed by atoms with E-state index < -0.39 is 17.0 Å². The maximum atomic E-state index is 12.8. The number of ether oxygens (including phenoxy) is 3. The summed E-state index contributed by atoms with van der Waals surface area (Å²) in [5.41, 5.74) is -1.81. The molecular weight excluding hydrogens is 453 g/mol. The van der Waals surface area contributed by atoms with E-state index in [4.69, 9.17) is 19.6 Å². The first-order valence-electron chi connectivity index (χ1n) is 8.80. The summed E-state index contributed by atoms with van der Waals surface area (Å²) < 4.78 is 16.3. The van der Waals surface area contributed by atoms with Gasteiger partial charge in [0.15, 0.2) is 3.72 Å². The molecule has 2 saturated carbocycles. The topological polar surface area (TPSA) is 103 Å². The van der Waals surface area contributed by atoms with Gasteiger partial charge in [0.25, 0.3) is 0 Å². The number of fused-ring (bicyclic) bond motifs is 1. The zero-order chi connectivity index (χ0) is 19.4. The molecule has 3 aliphatic rings. The molecule has 3 fully saturated rings. The fourth-order valence-corrected chi connectivity index (χ4v) is 4.93. The highest BCUT2D eigenvalue weighted by Crippen LogP contribution is 2.55. The van der Waals surface area contributed by atoms with Crippen molar-refractivity contribution in [3.8, 4) is 0 Å². The van der Waals surface area contributed by atoms with Crippen LogP contribution in [0.1, 0.15) is 47.0 Å². The molecule has 3 rings (SSSR count). The minimum absolute atomic E-state index is 0.0186. The van der Waals surface area contributed by atoms with Gasteiger partial charge in [-0.05, 0) is 63.1 Å². The first-order chi connectivity index (χ1) is 11.9. The van der Waals surface area contributed by atoms with Crippen LogP contribution in [0.25, 0.3) is 0 Å². The summed E-state index contributed by atoms with van der Waals surface area (Å²) in [5, 5.41) is 7.34. The average Bonchev–Trinajstić information content (AvgIpc) is 3.10. The minimum atomic E-state index is -0.920. The van der Waals surface area contributed by atoms with Crippen LogP contribution in [0.4, 0.5) is 0 Å². The normalized spacial score (nSPS) is 32.3. The van der Waals surface area contributed by atoms with Gasteiger partial charge in [-0.1, -0.05) is 0 Å². The Morgan fingerprint density at radius 3 is 2.54 bits per heavy atom. The summed E-state index contributed by atoms with van der Waals surface area (Å²) >= 11 is 1.59. The molecule has 8 heteroatoms. The second-order valence-electron chi connectivity index (χ2n) is 8.80. The summed E-state index contributed by atoms with van der Waals surface area (Å²) in [6.45, 7) is 6.91. The number of halogens is 1. The molecule has 144 valence electrons. The molecule has 26 heavy (non-hydrogen) atoms. The average molecular weight is 477 g/mol. The van der Waals surface area contributed by atoms with Gasteiger partial charge in [-0.25, -0.2) is 4.79 Å². The van der Waals surface area contributed by atoms with E-state index in [0.717, 1.165) is 12.8 Å². The van der Waals surface area contributed by atoms with Crippen molar-refractivity contribution >= 4 is 44.2 Å². The maximum Gasteiger partial charge on any atom is 0.363 e. The third-order valence-electron chi connectivity index (χ3n) is 5.63. The highest BCUT2D eigenvalue weighted by atomic mass is 127. The Balaban J connectivity index is 1.63. The Hall–Kier alpha value is -1.19. The molecule has 1 heterocycles. The van der Waals surface area contributed by atoms with E-state index in [1.54, 1.807) is 50.3 Å². The molecule has 5 atom stereocenters. The Labute approximate surface area is 166 Å². The lowest BCUT2D eigenvalue weighted by atomic mass is 9.81. The predicted molar refractivity (Wildman–Crippen MR) is 99.8 cm³/mol. The molecule has 0 spiro atoms. The van der Waals surface area contributed by atoms with E-state index >= 15 is 0 Å². The lowest BCUT2D eigenvalue weighted by Crippen LogP contribution is -2.43. The van der Waals surface area contributed by atoms with Crippen molar-refractivity contribution in [1.29, 1.82) is 5.41 Å². The van der Waals surface area contributed by atoms with Crippen molar-refractivity contribution in [3.05, 3.63) is 0 Å². The molecule has 1 saturated heterocycles. The molecule has 1 aliphatic heterocycles. The van der Waals surface area contributed by atoms with E-state index in [9.17, 15) is 14.4 Å². The minimum Gasteiger partial charge on any atom is -0.458 e. The standard InChI is InChI=1S/C18H24INO6/c1-17(2,7-18(3,4)26-15(22)13(19)20)16(23)25-11-8-5-9-10(6-8)14(21)24-12(9)11/h8-12,20H,5-7H2,1-4H3. The van der Waals surface area contributed by atoms with Gasteiger partial charge in [-0.3, -0.25) is 15.0 Å².